The van der Waals surface area contributed by atoms with Gasteiger partial charge in [-0.05, 0) is 51.0 Å². The van der Waals surface area contributed by atoms with Gasteiger partial charge in [0.2, 0.25) is 17.7 Å². The lowest BCUT2D eigenvalue weighted by molar-refractivity contribution is -0.144. The van der Waals surface area contributed by atoms with Crippen LogP contribution in [0.15, 0.2) is 12.2 Å². The summed E-state index contributed by atoms with van der Waals surface area (Å²) < 4.78 is 0. The molecule has 6 heteroatoms. The number of fused-ring (bicyclic) bond motifs is 5. The zero-order valence-electron chi connectivity index (χ0n) is 15.5. The molecule has 1 saturated carbocycles. The van der Waals surface area contributed by atoms with E-state index in [2.05, 4.69) is 29.3 Å². The van der Waals surface area contributed by atoms with Crippen molar-refractivity contribution in [2.75, 3.05) is 26.2 Å². The lowest BCUT2D eigenvalue weighted by Gasteiger charge is -2.33. The Morgan fingerprint density at radius 1 is 1.15 bits per heavy atom. The highest BCUT2D eigenvalue weighted by Gasteiger charge is 2.59. The van der Waals surface area contributed by atoms with Crippen LogP contribution >= 0.6 is 0 Å². The monoisotopic (exact) mass is 359 g/mol. The Bertz CT molecular complexity index is 602. The molecule has 3 fully saturated rings. The molecule has 2 saturated heterocycles. The molecule has 26 heavy (non-hydrogen) atoms. The molecule has 0 aromatic heterocycles. The van der Waals surface area contributed by atoms with E-state index in [1.807, 2.05) is 0 Å². The molecule has 0 spiro atoms. The van der Waals surface area contributed by atoms with Crippen LogP contribution in [0.5, 0.6) is 0 Å². The third-order valence-electron chi connectivity index (χ3n) is 6.75. The highest BCUT2D eigenvalue weighted by Crippen LogP contribution is 2.52. The largest absolute Gasteiger partial charge is 0.354 e. The number of amides is 3. The lowest BCUT2D eigenvalue weighted by Crippen LogP contribution is -2.43. The summed E-state index contributed by atoms with van der Waals surface area (Å²) in [7, 11) is 0. The van der Waals surface area contributed by atoms with Crippen LogP contribution in [0.1, 0.15) is 39.0 Å². The predicted octanol–water partition coefficient (Wildman–Crippen LogP) is 1.17. The Morgan fingerprint density at radius 3 is 2.50 bits per heavy atom. The third-order valence-corrected chi connectivity index (χ3v) is 6.75. The van der Waals surface area contributed by atoms with E-state index in [4.69, 9.17) is 0 Å². The Kier molecular flexibility index (Phi) is 4.86. The molecule has 4 aliphatic rings. The van der Waals surface area contributed by atoms with Crippen LogP contribution in [0.3, 0.4) is 0 Å². The molecule has 4 rings (SSSR count). The zero-order chi connectivity index (χ0) is 18.3. The van der Waals surface area contributed by atoms with Crippen molar-refractivity contribution in [2.24, 2.45) is 23.7 Å². The normalized spacial score (nSPS) is 36.0. The van der Waals surface area contributed by atoms with Crippen molar-refractivity contribution in [3.05, 3.63) is 12.2 Å². The smallest absolute Gasteiger partial charge is 0.240 e. The maximum Gasteiger partial charge on any atom is 0.240 e. The van der Waals surface area contributed by atoms with Crippen LogP contribution in [0.4, 0.5) is 0 Å². The van der Waals surface area contributed by atoms with Gasteiger partial charge in [0, 0.05) is 19.1 Å². The minimum atomic E-state index is -0.223. The van der Waals surface area contributed by atoms with Crippen LogP contribution in [0.25, 0.3) is 0 Å². The van der Waals surface area contributed by atoms with Crippen molar-refractivity contribution in [3.8, 4) is 0 Å². The van der Waals surface area contributed by atoms with Crippen LogP contribution in [-0.2, 0) is 14.4 Å². The number of carbonyl (C=O) groups excluding carboxylic acids is 3. The lowest BCUT2D eigenvalue weighted by atomic mass is 9.85. The highest BCUT2D eigenvalue weighted by atomic mass is 16.2. The number of hydrogen-bond acceptors (Lipinski definition) is 4. The first kappa shape index (κ1) is 17.7. The van der Waals surface area contributed by atoms with Crippen molar-refractivity contribution in [2.45, 2.75) is 45.1 Å². The van der Waals surface area contributed by atoms with Gasteiger partial charge < -0.3 is 10.2 Å². The number of hydrogen-bond donors (Lipinski definition) is 1. The molecule has 2 aliphatic heterocycles. The second kappa shape index (κ2) is 7.14. The molecule has 0 radical (unpaired) electrons. The first-order valence-electron chi connectivity index (χ1n) is 10.1. The Balaban J connectivity index is 1.22. The quantitative estimate of drug-likeness (QED) is 0.439. The number of piperidine rings is 1. The minimum absolute atomic E-state index is 0.121. The van der Waals surface area contributed by atoms with Crippen LogP contribution in [-0.4, -0.2) is 59.7 Å². The number of carbonyl (C=O) groups is 3. The van der Waals surface area contributed by atoms with Gasteiger partial charge in [-0.15, -0.1) is 0 Å². The standard InChI is InChI=1S/C20H29N3O3/c1-13-5-2-3-9-22(13)10-4-8-21-16(24)12-23-19(25)17-14-6-7-15(11-14)18(17)20(23)26/h6-7,13-15,17-18H,2-5,8-12H2,1H3,(H,21,24). The molecular weight excluding hydrogens is 330 g/mol. The summed E-state index contributed by atoms with van der Waals surface area (Å²) >= 11 is 0. The van der Waals surface area contributed by atoms with Gasteiger partial charge >= 0.3 is 0 Å². The van der Waals surface area contributed by atoms with Gasteiger partial charge in [-0.3, -0.25) is 19.3 Å². The van der Waals surface area contributed by atoms with Crippen LogP contribution < -0.4 is 5.32 Å². The van der Waals surface area contributed by atoms with Gasteiger partial charge in [0.1, 0.15) is 6.54 Å². The number of imide groups is 1. The molecule has 2 heterocycles. The van der Waals surface area contributed by atoms with Gasteiger partial charge in [-0.1, -0.05) is 18.6 Å². The summed E-state index contributed by atoms with van der Waals surface area (Å²) in [6.07, 6.45) is 9.79. The molecule has 1 N–H and O–H groups in total. The second-order valence-electron chi connectivity index (χ2n) is 8.35. The van der Waals surface area contributed by atoms with Gasteiger partial charge in [-0.25, -0.2) is 0 Å². The first-order chi connectivity index (χ1) is 12.6. The Hall–Kier alpha value is -1.69. The molecule has 2 aliphatic carbocycles. The summed E-state index contributed by atoms with van der Waals surface area (Å²) in [5.41, 5.74) is 0. The van der Waals surface area contributed by atoms with Crippen molar-refractivity contribution in [3.63, 3.8) is 0 Å². The topological polar surface area (TPSA) is 69.7 Å². The number of rotatable bonds is 6. The maximum atomic E-state index is 12.6. The second-order valence-corrected chi connectivity index (χ2v) is 8.35. The molecule has 5 unspecified atom stereocenters. The SMILES string of the molecule is CC1CCCCN1CCCNC(=O)CN1C(=O)C2C3C=CC(C3)C2C1=O. The predicted molar refractivity (Wildman–Crippen MR) is 96.9 cm³/mol. The van der Waals surface area contributed by atoms with Gasteiger partial charge in [0.15, 0.2) is 0 Å². The summed E-state index contributed by atoms with van der Waals surface area (Å²) in [4.78, 5) is 41.1. The molecule has 142 valence electrons. The molecule has 0 aromatic carbocycles. The first-order valence-corrected chi connectivity index (χ1v) is 10.1. The average molecular weight is 359 g/mol. The Morgan fingerprint density at radius 2 is 1.85 bits per heavy atom. The van der Waals surface area contributed by atoms with Crippen LogP contribution in [0, 0.1) is 23.7 Å². The number of likely N-dealkylation sites (tertiary alicyclic amines) is 2. The van der Waals surface area contributed by atoms with E-state index >= 15 is 0 Å². The van der Waals surface area contributed by atoms with Gasteiger partial charge in [0.05, 0.1) is 11.8 Å². The fourth-order valence-corrected chi connectivity index (χ4v) is 5.32. The van der Waals surface area contributed by atoms with Crippen LogP contribution in [0.2, 0.25) is 0 Å². The van der Waals surface area contributed by atoms with E-state index in [-0.39, 0.29) is 47.9 Å². The van der Waals surface area contributed by atoms with E-state index < -0.39 is 0 Å². The van der Waals surface area contributed by atoms with Gasteiger partial charge in [-0.2, -0.15) is 0 Å². The molecule has 0 aromatic rings. The van der Waals surface area contributed by atoms with Gasteiger partial charge in [0.25, 0.3) is 0 Å². The highest BCUT2D eigenvalue weighted by molar-refractivity contribution is 6.08. The summed E-state index contributed by atoms with van der Waals surface area (Å²) in [5.74, 6) is -0.555. The van der Waals surface area contributed by atoms with E-state index in [1.165, 1.54) is 24.2 Å². The molecule has 6 nitrogen and oxygen atoms in total. The Labute approximate surface area is 155 Å². The van der Waals surface area contributed by atoms with E-state index in [9.17, 15) is 14.4 Å². The number of nitrogens with zero attached hydrogens (tertiary/aromatic N) is 2. The fraction of sp³-hybridized carbons (Fsp3) is 0.750. The van der Waals surface area contributed by atoms with Crippen molar-refractivity contribution < 1.29 is 14.4 Å². The number of allylic oxidation sites excluding steroid dienone is 2. The summed E-state index contributed by atoms with van der Waals surface area (Å²) in [6, 6.07) is 0.627. The summed E-state index contributed by atoms with van der Waals surface area (Å²) in [5, 5.41) is 2.88. The maximum absolute atomic E-state index is 12.6. The van der Waals surface area contributed by atoms with E-state index in [0.717, 1.165) is 25.9 Å². The van der Waals surface area contributed by atoms with Crippen molar-refractivity contribution >= 4 is 17.7 Å². The molecule has 2 bridgehead atoms. The number of nitrogens with one attached hydrogen (secondary N) is 1. The van der Waals surface area contributed by atoms with Crippen molar-refractivity contribution in [1.29, 1.82) is 0 Å². The van der Waals surface area contributed by atoms with E-state index in [0.29, 0.717) is 12.6 Å². The zero-order valence-corrected chi connectivity index (χ0v) is 15.5. The summed E-state index contributed by atoms with van der Waals surface area (Å²) in [6.45, 7) is 4.87. The molecule has 5 atom stereocenters. The minimum Gasteiger partial charge on any atom is -0.354 e. The molecular formula is C20H29N3O3. The average Bonchev–Trinajstić information content (AvgIpc) is 3.30. The third kappa shape index (κ3) is 3.08. The fourth-order valence-electron chi connectivity index (χ4n) is 5.32. The van der Waals surface area contributed by atoms with Crippen molar-refractivity contribution in [1.82, 2.24) is 15.1 Å². The van der Waals surface area contributed by atoms with E-state index in [1.54, 1.807) is 0 Å². The molecule has 3 amide bonds.